The van der Waals surface area contributed by atoms with Crippen LogP contribution < -0.4 is 5.32 Å². The van der Waals surface area contributed by atoms with Gasteiger partial charge in [0.05, 0.1) is 17.5 Å². The molecule has 0 aliphatic carbocycles. The van der Waals surface area contributed by atoms with Crippen LogP contribution in [0, 0.1) is 0 Å². The molecule has 0 fully saturated rings. The minimum absolute atomic E-state index is 0.148. The number of hydrogen-bond acceptors (Lipinski definition) is 2. The van der Waals surface area contributed by atoms with Gasteiger partial charge in [-0.25, -0.2) is 4.98 Å². The third-order valence-electron chi connectivity index (χ3n) is 3.95. The Labute approximate surface area is 139 Å². The van der Waals surface area contributed by atoms with E-state index in [9.17, 15) is 4.79 Å². The number of fused-ring (bicyclic) bond motifs is 1. The zero-order valence-corrected chi connectivity index (χ0v) is 12.9. The molecule has 0 atom stereocenters. The molecule has 4 nitrogen and oxygen atoms in total. The summed E-state index contributed by atoms with van der Waals surface area (Å²) in [4.78, 5) is 20.1. The van der Waals surface area contributed by atoms with Gasteiger partial charge in [0, 0.05) is 5.56 Å². The smallest absolute Gasteiger partial charge is 0.256 e. The number of carbonyl (C=O) groups is 1. The number of aromatic nitrogens is 2. The molecule has 0 bridgehead atoms. The van der Waals surface area contributed by atoms with E-state index in [1.165, 1.54) is 0 Å². The minimum Gasteiger partial charge on any atom is -0.345 e. The number of hydrogen-bond donors (Lipinski definition) is 2. The quantitative estimate of drug-likeness (QED) is 0.586. The van der Waals surface area contributed by atoms with E-state index >= 15 is 0 Å². The van der Waals surface area contributed by atoms with Crippen LogP contribution >= 0.6 is 0 Å². The van der Waals surface area contributed by atoms with Gasteiger partial charge in [0.2, 0.25) is 0 Å². The van der Waals surface area contributed by atoms with Crippen molar-refractivity contribution in [1.82, 2.24) is 9.97 Å². The Morgan fingerprint density at radius 1 is 0.875 bits per heavy atom. The molecule has 0 saturated carbocycles. The molecular weight excluding hydrogens is 298 g/mol. The molecule has 1 amide bonds. The molecule has 1 aromatic heterocycles. The predicted octanol–water partition coefficient (Wildman–Crippen LogP) is 4.48. The number of nitrogens with zero attached hydrogens (tertiary/aromatic N) is 1. The first kappa shape index (κ1) is 14.2. The van der Waals surface area contributed by atoms with E-state index in [4.69, 9.17) is 0 Å². The Hall–Kier alpha value is -3.40. The van der Waals surface area contributed by atoms with Crippen molar-refractivity contribution in [3.8, 4) is 11.1 Å². The number of amides is 1. The van der Waals surface area contributed by atoms with E-state index in [2.05, 4.69) is 15.3 Å². The lowest BCUT2D eigenvalue weighted by Gasteiger charge is -2.11. The molecule has 0 aliphatic rings. The maximum Gasteiger partial charge on any atom is 0.256 e. The number of rotatable bonds is 3. The minimum atomic E-state index is -0.148. The third kappa shape index (κ3) is 2.54. The molecule has 0 spiro atoms. The number of aromatic amines is 1. The van der Waals surface area contributed by atoms with Gasteiger partial charge in [-0.1, -0.05) is 54.6 Å². The normalized spacial score (nSPS) is 10.7. The van der Waals surface area contributed by atoms with Crippen LogP contribution in [-0.4, -0.2) is 15.9 Å². The molecule has 0 saturated heterocycles. The number of benzene rings is 3. The predicted molar refractivity (Wildman–Crippen MR) is 95.9 cm³/mol. The highest BCUT2D eigenvalue weighted by atomic mass is 16.1. The monoisotopic (exact) mass is 313 g/mol. The van der Waals surface area contributed by atoms with Crippen LogP contribution in [0.5, 0.6) is 0 Å². The number of anilines is 1. The van der Waals surface area contributed by atoms with Crippen LogP contribution in [0.3, 0.4) is 0 Å². The summed E-state index contributed by atoms with van der Waals surface area (Å²) in [7, 11) is 0. The molecule has 24 heavy (non-hydrogen) atoms. The highest BCUT2D eigenvalue weighted by Gasteiger charge is 2.14. The summed E-state index contributed by atoms with van der Waals surface area (Å²) in [5, 5.41) is 2.98. The number of imidazole rings is 1. The largest absolute Gasteiger partial charge is 0.345 e. The molecule has 116 valence electrons. The van der Waals surface area contributed by atoms with Crippen LogP contribution in [0.15, 0.2) is 79.1 Å². The first-order valence-electron chi connectivity index (χ1n) is 7.71. The number of para-hydroxylation sites is 1. The highest BCUT2D eigenvalue weighted by molar-refractivity contribution is 6.11. The van der Waals surface area contributed by atoms with Crippen LogP contribution in [0.1, 0.15) is 10.4 Å². The SMILES string of the molecule is O=C(Nc1cccc2[nH]cnc12)c1ccccc1-c1ccccc1. The molecule has 1 heterocycles. The maximum absolute atomic E-state index is 12.8. The Bertz CT molecular complexity index is 1010. The van der Waals surface area contributed by atoms with Crippen LogP contribution in [0.4, 0.5) is 5.69 Å². The standard InChI is InChI=1S/C20H15N3O/c24-20(23-18-12-6-11-17-19(18)22-13-21-17)16-10-5-4-9-15(16)14-7-2-1-3-8-14/h1-13H,(H,21,22)(H,23,24). The summed E-state index contributed by atoms with van der Waals surface area (Å²) in [6, 6.07) is 23.2. The van der Waals surface area contributed by atoms with Gasteiger partial charge in [-0.15, -0.1) is 0 Å². The lowest BCUT2D eigenvalue weighted by Crippen LogP contribution is -2.13. The van der Waals surface area contributed by atoms with E-state index < -0.39 is 0 Å². The summed E-state index contributed by atoms with van der Waals surface area (Å²) in [5.74, 6) is -0.148. The summed E-state index contributed by atoms with van der Waals surface area (Å²) >= 11 is 0. The topological polar surface area (TPSA) is 57.8 Å². The Kier molecular flexibility index (Phi) is 3.56. The average molecular weight is 313 g/mol. The van der Waals surface area contributed by atoms with Gasteiger partial charge in [-0.05, 0) is 29.3 Å². The fourth-order valence-electron chi connectivity index (χ4n) is 2.81. The fraction of sp³-hybridized carbons (Fsp3) is 0. The lowest BCUT2D eigenvalue weighted by molar-refractivity contribution is 0.102. The molecule has 0 aliphatic heterocycles. The van der Waals surface area contributed by atoms with Gasteiger partial charge in [0.15, 0.2) is 0 Å². The Morgan fingerprint density at radius 3 is 2.54 bits per heavy atom. The second-order valence-electron chi connectivity index (χ2n) is 5.47. The average Bonchev–Trinajstić information content (AvgIpc) is 3.12. The highest BCUT2D eigenvalue weighted by Crippen LogP contribution is 2.25. The van der Waals surface area contributed by atoms with Crippen molar-refractivity contribution in [3.63, 3.8) is 0 Å². The number of H-pyrrole nitrogens is 1. The molecular formula is C20H15N3O. The van der Waals surface area contributed by atoms with Crippen LogP contribution in [0.25, 0.3) is 22.2 Å². The van der Waals surface area contributed by atoms with Gasteiger partial charge in [0.25, 0.3) is 5.91 Å². The Morgan fingerprint density at radius 2 is 1.67 bits per heavy atom. The van der Waals surface area contributed by atoms with E-state index in [1.807, 2.05) is 72.8 Å². The molecule has 2 N–H and O–H groups in total. The summed E-state index contributed by atoms with van der Waals surface area (Å²) in [6.45, 7) is 0. The zero-order chi connectivity index (χ0) is 16.4. The molecule has 4 heteroatoms. The second-order valence-corrected chi connectivity index (χ2v) is 5.47. The van der Waals surface area contributed by atoms with Gasteiger partial charge < -0.3 is 10.3 Å². The first-order chi connectivity index (χ1) is 11.8. The summed E-state index contributed by atoms with van der Waals surface area (Å²) in [6.07, 6.45) is 1.62. The van der Waals surface area contributed by atoms with Crippen molar-refractivity contribution in [2.75, 3.05) is 5.32 Å². The zero-order valence-electron chi connectivity index (χ0n) is 12.9. The molecule has 3 aromatic carbocycles. The summed E-state index contributed by atoms with van der Waals surface area (Å²) in [5.41, 5.74) is 4.90. The molecule has 4 rings (SSSR count). The fourth-order valence-corrected chi connectivity index (χ4v) is 2.81. The second kappa shape index (κ2) is 6.01. The van der Waals surface area contributed by atoms with Crippen LogP contribution in [-0.2, 0) is 0 Å². The van der Waals surface area contributed by atoms with E-state index in [1.54, 1.807) is 6.33 Å². The van der Waals surface area contributed by atoms with Crippen molar-refractivity contribution < 1.29 is 4.79 Å². The van der Waals surface area contributed by atoms with Crippen LogP contribution in [0.2, 0.25) is 0 Å². The first-order valence-corrected chi connectivity index (χ1v) is 7.71. The van der Waals surface area contributed by atoms with Gasteiger partial charge >= 0.3 is 0 Å². The van der Waals surface area contributed by atoms with Crippen molar-refractivity contribution >= 4 is 22.6 Å². The van der Waals surface area contributed by atoms with E-state index in [0.29, 0.717) is 11.3 Å². The van der Waals surface area contributed by atoms with Crippen molar-refractivity contribution in [3.05, 3.63) is 84.7 Å². The van der Waals surface area contributed by atoms with Crippen molar-refractivity contribution in [1.29, 1.82) is 0 Å². The van der Waals surface area contributed by atoms with E-state index in [0.717, 1.165) is 22.2 Å². The molecule has 0 unspecified atom stereocenters. The molecule has 4 aromatic rings. The van der Waals surface area contributed by atoms with Gasteiger partial charge in [-0.2, -0.15) is 0 Å². The van der Waals surface area contributed by atoms with Gasteiger partial charge in [-0.3, -0.25) is 4.79 Å². The van der Waals surface area contributed by atoms with Crippen molar-refractivity contribution in [2.24, 2.45) is 0 Å². The summed E-state index contributed by atoms with van der Waals surface area (Å²) < 4.78 is 0. The van der Waals surface area contributed by atoms with Crippen molar-refractivity contribution in [2.45, 2.75) is 0 Å². The number of nitrogens with one attached hydrogen (secondary N) is 2. The maximum atomic E-state index is 12.8. The van der Waals surface area contributed by atoms with E-state index in [-0.39, 0.29) is 5.91 Å². The third-order valence-corrected chi connectivity index (χ3v) is 3.95. The Balaban J connectivity index is 1.72. The lowest BCUT2D eigenvalue weighted by atomic mass is 9.99. The molecule has 0 radical (unpaired) electrons. The number of carbonyl (C=O) groups excluding carboxylic acids is 1. The van der Waals surface area contributed by atoms with Gasteiger partial charge in [0.1, 0.15) is 5.52 Å².